The van der Waals surface area contributed by atoms with Gasteiger partial charge in [-0.15, -0.1) is 0 Å². The van der Waals surface area contributed by atoms with E-state index in [0.717, 1.165) is 6.07 Å². The maximum atomic E-state index is 13.2. The third-order valence-corrected chi connectivity index (χ3v) is 8.96. The van der Waals surface area contributed by atoms with Crippen LogP contribution in [0.3, 0.4) is 0 Å². The van der Waals surface area contributed by atoms with E-state index in [9.17, 15) is 24.0 Å². The summed E-state index contributed by atoms with van der Waals surface area (Å²) in [6.45, 7) is 0. The Bertz CT molecular complexity index is 1520. The summed E-state index contributed by atoms with van der Waals surface area (Å²) in [5.41, 5.74) is -2.48. The average molecular weight is 662 g/mol. The van der Waals surface area contributed by atoms with Gasteiger partial charge in [0.2, 0.25) is 5.95 Å². The van der Waals surface area contributed by atoms with Crippen LogP contribution >= 0.6 is 92.8 Å². The zero-order valence-electron chi connectivity index (χ0n) is 17.0. The lowest BCUT2D eigenvalue weighted by Gasteiger charge is -2.16. The van der Waals surface area contributed by atoms with E-state index < -0.39 is 41.0 Å². The largest absolute Gasteiger partial charge is 0.292 e. The molecular formula is C20H2Cl8N4O5. The van der Waals surface area contributed by atoms with Gasteiger partial charge in [-0.1, -0.05) is 92.8 Å². The van der Waals surface area contributed by atoms with Crippen LogP contribution in [0.2, 0.25) is 40.2 Å². The first-order valence-corrected chi connectivity index (χ1v) is 12.4. The summed E-state index contributed by atoms with van der Waals surface area (Å²) in [6.07, 6.45) is 0. The Morgan fingerprint density at radius 1 is 0.514 bits per heavy atom. The number of nitrogens with zero attached hydrogens (tertiary/aromatic N) is 3. The number of benzene rings is 2. The van der Waals surface area contributed by atoms with Crippen molar-refractivity contribution >= 4 is 128 Å². The zero-order chi connectivity index (χ0) is 27.2. The van der Waals surface area contributed by atoms with Crippen molar-refractivity contribution in [2.75, 3.05) is 9.80 Å². The molecular weight excluding hydrogens is 660 g/mol. The number of rotatable bonds is 2. The molecule has 37 heavy (non-hydrogen) atoms. The minimum atomic E-state index is -1.06. The van der Waals surface area contributed by atoms with E-state index in [0.29, 0.717) is 9.80 Å². The third kappa shape index (κ3) is 3.60. The van der Waals surface area contributed by atoms with Gasteiger partial charge in [0.05, 0.1) is 62.4 Å². The molecule has 9 nitrogen and oxygen atoms in total. The molecule has 0 fully saturated rings. The number of hydrogen-bond donors (Lipinski definition) is 1. The molecule has 4 amide bonds. The molecule has 0 saturated carbocycles. The number of amides is 4. The van der Waals surface area contributed by atoms with E-state index in [2.05, 4.69) is 9.97 Å². The van der Waals surface area contributed by atoms with Crippen molar-refractivity contribution in [1.29, 1.82) is 0 Å². The van der Waals surface area contributed by atoms with Gasteiger partial charge in [0.25, 0.3) is 29.2 Å². The molecule has 2 aromatic carbocycles. The van der Waals surface area contributed by atoms with Crippen molar-refractivity contribution in [3.8, 4) is 0 Å². The number of halogens is 8. The Morgan fingerprint density at radius 3 is 1.19 bits per heavy atom. The fourth-order valence-corrected chi connectivity index (χ4v) is 5.78. The van der Waals surface area contributed by atoms with E-state index in [1.165, 1.54) is 0 Å². The lowest BCUT2D eigenvalue weighted by molar-refractivity contribution is 0.0911. The van der Waals surface area contributed by atoms with Gasteiger partial charge in [-0.2, -0.15) is 4.98 Å². The normalized spacial score (nSPS) is 14.7. The molecule has 3 aromatic rings. The monoisotopic (exact) mass is 658 g/mol. The van der Waals surface area contributed by atoms with E-state index in [1.807, 2.05) is 0 Å². The van der Waals surface area contributed by atoms with Crippen LogP contribution in [0.4, 0.5) is 11.8 Å². The van der Waals surface area contributed by atoms with Crippen LogP contribution < -0.4 is 15.4 Å². The van der Waals surface area contributed by atoms with Gasteiger partial charge in [0.15, 0.2) is 5.82 Å². The van der Waals surface area contributed by atoms with E-state index >= 15 is 0 Å². The first-order valence-electron chi connectivity index (χ1n) is 9.40. The Kier molecular flexibility index (Phi) is 6.45. The van der Waals surface area contributed by atoms with Crippen molar-refractivity contribution in [1.82, 2.24) is 9.97 Å². The van der Waals surface area contributed by atoms with Crippen LogP contribution in [0.25, 0.3) is 0 Å². The first kappa shape index (κ1) is 26.5. The fraction of sp³-hybridized carbons (Fsp3) is 0. The first-order chi connectivity index (χ1) is 17.3. The maximum absolute atomic E-state index is 13.2. The Morgan fingerprint density at radius 2 is 0.838 bits per heavy atom. The molecule has 2 aliphatic rings. The summed E-state index contributed by atoms with van der Waals surface area (Å²) in [7, 11) is 0. The summed E-state index contributed by atoms with van der Waals surface area (Å²) in [6, 6.07) is 0.766. The molecule has 0 bridgehead atoms. The van der Waals surface area contributed by atoms with Crippen LogP contribution in [0.1, 0.15) is 41.4 Å². The number of anilines is 2. The summed E-state index contributed by atoms with van der Waals surface area (Å²) in [5.74, 6) is -5.44. The van der Waals surface area contributed by atoms with E-state index in [1.54, 1.807) is 0 Å². The van der Waals surface area contributed by atoms with Crippen molar-refractivity contribution < 1.29 is 19.2 Å². The topological polar surface area (TPSA) is 121 Å². The molecule has 0 saturated heterocycles. The highest BCUT2D eigenvalue weighted by Crippen LogP contribution is 2.47. The molecule has 1 aromatic heterocycles. The number of hydrogen-bond acceptors (Lipinski definition) is 6. The predicted octanol–water partition coefficient (Wildman–Crippen LogP) is 6.60. The molecule has 0 spiro atoms. The second-order valence-electron chi connectivity index (χ2n) is 7.33. The highest BCUT2D eigenvalue weighted by molar-refractivity contribution is 6.57. The van der Waals surface area contributed by atoms with Gasteiger partial charge in [-0.05, 0) is 0 Å². The summed E-state index contributed by atoms with van der Waals surface area (Å²) in [5, 5.41) is -2.51. The van der Waals surface area contributed by atoms with Crippen molar-refractivity contribution in [3.05, 3.63) is 78.9 Å². The Labute approximate surface area is 244 Å². The molecule has 0 atom stereocenters. The molecule has 3 heterocycles. The molecule has 0 radical (unpaired) electrons. The second-order valence-corrected chi connectivity index (χ2v) is 10.4. The van der Waals surface area contributed by atoms with E-state index in [4.69, 9.17) is 92.8 Å². The maximum Gasteiger partial charge on any atom is 0.270 e. The van der Waals surface area contributed by atoms with Crippen molar-refractivity contribution in [2.24, 2.45) is 0 Å². The smallest absolute Gasteiger partial charge is 0.270 e. The van der Waals surface area contributed by atoms with Crippen LogP contribution in [0, 0.1) is 0 Å². The number of aromatic nitrogens is 2. The lowest BCUT2D eigenvalue weighted by Crippen LogP contribution is -2.36. The van der Waals surface area contributed by atoms with Gasteiger partial charge in [0.1, 0.15) is 0 Å². The van der Waals surface area contributed by atoms with E-state index in [-0.39, 0.29) is 62.4 Å². The van der Waals surface area contributed by atoms with Gasteiger partial charge in [-0.25, -0.2) is 9.80 Å². The summed E-state index contributed by atoms with van der Waals surface area (Å²) in [4.78, 5) is 72.2. The SMILES string of the molecule is O=C1c2c(Cl)c(Cl)c(Cl)c(Cl)c2C(=O)N1c1cc(=O)[nH]c(N2C(=O)c3c(Cl)c(Cl)c(Cl)c(Cl)c3C2=O)n1. The predicted molar refractivity (Wildman–Crippen MR) is 140 cm³/mol. The second kappa shape index (κ2) is 9.00. The van der Waals surface area contributed by atoms with Crippen LogP contribution in [0.5, 0.6) is 0 Å². The highest BCUT2D eigenvalue weighted by Gasteiger charge is 2.46. The van der Waals surface area contributed by atoms with Crippen LogP contribution in [-0.2, 0) is 0 Å². The van der Waals surface area contributed by atoms with Gasteiger partial charge in [-0.3, -0.25) is 29.0 Å². The fourth-order valence-electron chi connectivity index (χ4n) is 3.75. The van der Waals surface area contributed by atoms with Gasteiger partial charge in [0, 0.05) is 6.07 Å². The molecule has 2 aliphatic heterocycles. The molecule has 17 heteroatoms. The number of nitrogens with one attached hydrogen (secondary N) is 1. The molecule has 1 N–H and O–H groups in total. The van der Waals surface area contributed by atoms with Crippen LogP contribution in [-0.4, -0.2) is 33.6 Å². The zero-order valence-corrected chi connectivity index (χ0v) is 23.0. The summed E-state index contributed by atoms with van der Waals surface area (Å²) < 4.78 is 0. The molecule has 0 aliphatic carbocycles. The lowest BCUT2D eigenvalue weighted by atomic mass is 10.1. The van der Waals surface area contributed by atoms with Crippen molar-refractivity contribution in [2.45, 2.75) is 0 Å². The van der Waals surface area contributed by atoms with Gasteiger partial charge < -0.3 is 0 Å². The minimum Gasteiger partial charge on any atom is -0.292 e. The minimum absolute atomic E-state index is 0.272. The Balaban J connectivity index is 1.66. The Hall–Kier alpha value is -2.08. The van der Waals surface area contributed by atoms with Gasteiger partial charge >= 0.3 is 0 Å². The molecule has 0 unspecified atom stereocenters. The molecule has 188 valence electrons. The van der Waals surface area contributed by atoms with Crippen LogP contribution in [0.15, 0.2) is 10.9 Å². The summed E-state index contributed by atoms with van der Waals surface area (Å²) >= 11 is 48.6. The number of H-pyrrole nitrogens is 1. The third-order valence-electron chi connectivity index (χ3n) is 5.36. The highest BCUT2D eigenvalue weighted by atomic mass is 35.5. The van der Waals surface area contributed by atoms with Crippen molar-refractivity contribution in [3.63, 3.8) is 0 Å². The average Bonchev–Trinajstić information content (AvgIpc) is 3.26. The number of imide groups is 2. The number of fused-ring (bicyclic) bond motifs is 2. The number of aromatic amines is 1. The standard InChI is InChI=1S/C20H2Cl8N4O5/c21-8-4-5(9(22)13(26)12(8)25)17(35)31(16(4)34)2-1-3(33)30-20(29-2)32-18(36)6-7(19(32)37)11(24)15(28)14(27)10(6)23/h1H,(H,29,30,33). The quantitative estimate of drug-likeness (QED) is 0.188. The molecule has 5 rings (SSSR count). The number of carbonyl (C=O) groups is 4. The number of carbonyl (C=O) groups excluding carboxylic acids is 4.